The van der Waals surface area contributed by atoms with Crippen molar-refractivity contribution in [3.63, 3.8) is 0 Å². The van der Waals surface area contributed by atoms with Crippen LogP contribution in [-0.2, 0) is 0 Å². The van der Waals surface area contributed by atoms with Crippen LogP contribution in [0.15, 0.2) is 18.2 Å². The molecule has 0 spiro atoms. The highest BCUT2D eigenvalue weighted by Crippen LogP contribution is 2.26. The number of nitrogens with zero attached hydrogens (tertiary/aromatic N) is 3. The predicted octanol–water partition coefficient (Wildman–Crippen LogP) is 2.79. The minimum atomic E-state index is 0.501. The summed E-state index contributed by atoms with van der Waals surface area (Å²) in [5.41, 5.74) is 3.14. The number of benzene rings is 1. The van der Waals surface area contributed by atoms with Crippen molar-refractivity contribution in [1.82, 2.24) is 4.90 Å². The average molecular weight is 257 g/mol. The minimum Gasteiger partial charge on any atom is -0.366 e. The smallest absolute Gasteiger partial charge is 0.101 e. The van der Waals surface area contributed by atoms with Gasteiger partial charge in [-0.05, 0) is 51.1 Å². The summed E-state index contributed by atoms with van der Waals surface area (Å²) in [7, 11) is 2.19. The maximum Gasteiger partial charge on any atom is 0.101 e. The van der Waals surface area contributed by atoms with Gasteiger partial charge in [-0.25, -0.2) is 0 Å². The summed E-state index contributed by atoms with van der Waals surface area (Å²) in [5, 5.41) is 9.33. The van der Waals surface area contributed by atoms with E-state index in [1.54, 1.807) is 0 Å². The van der Waals surface area contributed by atoms with Crippen LogP contribution < -0.4 is 4.90 Å². The summed E-state index contributed by atoms with van der Waals surface area (Å²) in [5.74, 6) is 0. The standard InChI is InChI=1S/C16H23N3/c1-4-15-12-18(3)8-5-9-19(15)16-10-13(2)6-7-14(16)11-17/h6-7,10,15H,4-5,8-9,12H2,1-3H3. The Morgan fingerprint density at radius 2 is 2.16 bits per heavy atom. The van der Waals surface area contributed by atoms with Crippen LogP contribution in [0.2, 0.25) is 0 Å². The van der Waals surface area contributed by atoms with E-state index in [2.05, 4.69) is 42.8 Å². The Bertz CT molecular complexity index is 475. The molecule has 1 aliphatic rings. The summed E-state index contributed by atoms with van der Waals surface area (Å²) in [6.07, 6.45) is 2.27. The molecule has 0 N–H and O–H groups in total. The average Bonchev–Trinajstić information content (AvgIpc) is 2.60. The van der Waals surface area contributed by atoms with Crippen molar-refractivity contribution in [3.05, 3.63) is 29.3 Å². The van der Waals surface area contributed by atoms with Crippen molar-refractivity contribution in [2.75, 3.05) is 31.6 Å². The van der Waals surface area contributed by atoms with Crippen molar-refractivity contribution >= 4 is 5.69 Å². The van der Waals surface area contributed by atoms with Crippen LogP contribution >= 0.6 is 0 Å². The van der Waals surface area contributed by atoms with Gasteiger partial charge in [-0.1, -0.05) is 13.0 Å². The van der Waals surface area contributed by atoms with Gasteiger partial charge in [0.15, 0.2) is 0 Å². The number of aryl methyl sites for hydroxylation is 1. The van der Waals surface area contributed by atoms with Gasteiger partial charge in [0, 0.05) is 19.1 Å². The Morgan fingerprint density at radius 3 is 2.84 bits per heavy atom. The second kappa shape index (κ2) is 6.08. The van der Waals surface area contributed by atoms with Gasteiger partial charge >= 0.3 is 0 Å². The molecule has 1 unspecified atom stereocenters. The second-order valence-electron chi connectivity index (χ2n) is 5.50. The molecule has 0 amide bonds. The van der Waals surface area contributed by atoms with Crippen molar-refractivity contribution in [2.24, 2.45) is 0 Å². The molecule has 0 aliphatic carbocycles. The van der Waals surface area contributed by atoms with Crippen LogP contribution in [0.5, 0.6) is 0 Å². The molecule has 3 nitrogen and oxygen atoms in total. The van der Waals surface area contributed by atoms with Gasteiger partial charge in [0.25, 0.3) is 0 Å². The fraction of sp³-hybridized carbons (Fsp3) is 0.562. The molecule has 0 saturated carbocycles. The number of hydrogen-bond acceptors (Lipinski definition) is 3. The predicted molar refractivity (Wildman–Crippen MR) is 79.4 cm³/mol. The fourth-order valence-corrected chi connectivity index (χ4v) is 2.88. The Labute approximate surface area is 116 Å². The van der Waals surface area contributed by atoms with E-state index in [9.17, 15) is 5.26 Å². The molecular formula is C16H23N3. The normalized spacial score (nSPS) is 20.9. The third-order valence-corrected chi connectivity index (χ3v) is 3.96. The highest BCUT2D eigenvalue weighted by molar-refractivity contribution is 5.61. The van der Waals surface area contributed by atoms with Gasteiger partial charge in [0.05, 0.1) is 11.3 Å². The van der Waals surface area contributed by atoms with E-state index in [0.717, 1.165) is 43.7 Å². The summed E-state index contributed by atoms with van der Waals surface area (Å²) >= 11 is 0. The van der Waals surface area contributed by atoms with E-state index in [1.165, 1.54) is 5.56 Å². The lowest BCUT2D eigenvalue weighted by atomic mass is 10.1. The molecule has 1 aromatic rings. The molecule has 1 atom stereocenters. The number of nitriles is 1. The third-order valence-electron chi connectivity index (χ3n) is 3.96. The summed E-state index contributed by atoms with van der Waals surface area (Å²) < 4.78 is 0. The molecule has 102 valence electrons. The van der Waals surface area contributed by atoms with Crippen LogP contribution in [-0.4, -0.2) is 37.6 Å². The van der Waals surface area contributed by atoms with Gasteiger partial charge in [-0.2, -0.15) is 5.26 Å². The first-order valence-electron chi connectivity index (χ1n) is 7.11. The zero-order valence-corrected chi connectivity index (χ0v) is 12.2. The maximum absolute atomic E-state index is 9.33. The number of hydrogen-bond donors (Lipinski definition) is 0. The summed E-state index contributed by atoms with van der Waals surface area (Å²) in [4.78, 5) is 4.84. The van der Waals surface area contributed by atoms with E-state index < -0.39 is 0 Å². The Morgan fingerprint density at radius 1 is 1.37 bits per heavy atom. The molecule has 1 fully saturated rings. The van der Waals surface area contributed by atoms with Crippen LogP contribution in [0.4, 0.5) is 5.69 Å². The van der Waals surface area contributed by atoms with Gasteiger partial charge < -0.3 is 9.80 Å². The monoisotopic (exact) mass is 257 g/mol. The SMILES string of the molecule is CCC1CN(C)CCCN1c1cc(C)ccc1C#N. The molecule has 0 aromatic heterocycles. The van der Waals surface area contributed by atoms with E-state index in [0.29, 0.717) is 6.04 Å². The minimum absolute atomic E-state index is 0.501. The molecule has 0 bridgehead atoms. The van der Waals surface area contributed by atoms with Gasteiger partial charge in [0.2, 0.25) is 0 Å². The molecule has 3 heteroatoms. The first kappa shape index (κ1) is 13.9. The molecule has 19 heavy (non-hydrogen) atoms. The highest BCUT2D eigenvalue weighted by atomic mass is 15.2. The molecule has 1 aliphatic heterocycles. The lowest BCUT2D eigenvalue weighted by Gasteiger charge is -2.33. The van der Waals surface area contributed by atoms with Crippen LogP contribution in [0.1, 0.15) is 30.9 Å². The van der Waals surface area contributed by atoms with Gasteiger partial charge in [-0.15, -0.1) is 0 Å². The first-order chi connectivity index (χ1) is 9.15. The Kier molecular flexibility index (Phi) is 4.44. The van der Waals surface area contributed by atoms with E-state index >= 15 is 0 Å². The van der Waals surface area contributed by atoms with Crippen molar-refractivity contribution in [1.29, 1.82) is 5.26 Å². The van der Waals surface area contributed by atoms with Crippen molar-refractivity contribution < 1.29 is 0 Å². The fourth-order valence-electron chi connectivity index (χ4n) is 2.88. The molecule has 1 aromatic carbocycles. The van der Waals surface area contributed by atoms with E-state index in [4.69, 9.17) is 0 Å². The highest BCUT2D eigenvalue weighted by Gasteiger charge is 2.24. The maximum atomic E-state index is 9.33. The summed E-state index contributed by atoms with van der Waals surface area (Å²) in [6.45, 7) is 7.59. The molecular weight excluding hydrogens is 234 g/mol. The van der Waals surface area contributed by atoms with E-state index in [-0.39, 0.29) is 0 Å². The molecule has 2 rings (SSSR count). The quantitative estimate of drug-likeness (QED) is 0.816. The topological polar surface area (TPSA) is 30.3 Å². The lowest BCUT2D eigenvalue weighted by molar-refractivity contribution is 0.328. The van der Waals surface area contributed by atoms with Gasteiger partial charge in [-0.3, -0.25) is 0 Å². The molecule has 1 saturated heterocycles. The zero-order valence-electron chi connectivity index (χ0n) is 12.2. The Hall–Kier alpha value is -1.53. The molecule has 1 heterocycles. The number of rotatable bonds is 2. The van der Waals surface area contributed by atoms with Crippen LogP contribution in [0, 0.1) is 18.3 Å². The Balaban J connectivity index is 2.37. The lowest BCUT2D eigenvalue weighted by Crippen LogP contribution is -2.40. The summed E-state index contributed by atoms with van der Waals surface area (Å²) in [6, 6.07) is 8.97. The second-order valence-corrected chi connectivity index (χ2v) is 5.50. The largest absolute Gasteiger partial charge is 0.366 e. The van der Waals surface area contributed by atoms with E-state index in [1.807, 2.05) is 12.1 Å². The van der Waals surface area contributed by atoms with Crippen LogP contribution in [0.25, 0.3) is 0 Å². The number of anilines is 1. The van der Waals surface area contributed by atoms with Crippen molar-refractivity contribution in [3.8, 4) is 6.07 Å². The zero-order chi connectivity index (χ0) is 13.8. The van der Waals surface area contributed by atoms with Gasteiger partial charge in [0.1, 0.15) is 6.07 Å². The van der Waals surface area contributed by atoms with Crippen molar-refractivity contribution in [2.45, 2.75) is 32.7 Å². The first-order valence-corrected chi connectivity index (χ1v) is 7.11. The number of likely N-dealkylation sites (N-methyl/N-ethyl adjacent to an activating group) is 1. The third kappa shape index (κ3) is 3.08. The molecule has 0 radical (unpaired) electrons. The van der Waals surface area contributed by atoms with Crippen LogP contribution in [0.3, 0.4) is 0 Å².